The van der Waals surface area contributed by atoms with Crippen LogP contribution in [0.15, 0.2) is 217 Å². The first-order valence-electron chi connectivity index (χ1n) is 21.9. The molecule has 0 aliphatic rings. The van der Waals surface area contributed by atoms with Crippen LogP contribution in [0.1, 0.15) is 0 Å². The normalized spacial score (nSPS) is 12.0. The van der Waals surface area contributed by atoms with Gasteiger partial charge in [-0.2, -0.15) is 9.97 Å². The number of benzene rings is 10. The number of furan rings is 1. The molecule has 0 unspecified atom stereocenters. The highest BCUT2D eigenvalue weighted by atomic mass is 16.3. The third kappa shape index (κ3) is 5.31. The maximum atomic E-state index is 6.36. The molecule has 0 fully saturated rings. The van der Waals surface area contributed by atoms with Gasteiger partial charge in [-0.25, -0.2) is 4.98 Å². The fourth-order valence-corrected chi connectivity index (χ4v) is 10.3. The fraction of sp³-hybridized carbons (Fsp3) is 0. The van der Waals surface area contributed by atoms with Gasteiger partial charge in [0.15, 0.2) is 11.6 Å². The first-order chi connectivity index (χ1) is 32.2. The molecule has 0 saturated heterocycles. The van der Waals surface area contributed by atoms with Gasteiger partial charge in [-0.05, 0) is 75.8 Å². The number of hydrogen-bond donors (Lipinski definition) is 0. The molecule has 0 atom stereocenters. The molecular formula is C59H35N5O. The lowest BCUT2D eigenvalue weighted by atomic mass is 9.95. The molecule has 4 aromatic heterocycles. The van der Waals surface area contributed by atoms with Crippen molar-refractivity contribution in [2.75, 3.05) is 0 Å². The number of aromatic nitrogens is 5. The van der Waals surface area contributed by atoms with Crippen LogP contribution < -0.4 is 0 Å². The third-order valence-corrected chi connectivity index (χ3v) is 13.2. The van der Waals surface area contributed by atoms with E-state index in [1.165, 1.54) is 49.0 Å². The Labute approximate surface area is 371 Å². The van der Waals surface area contributed by atoms with Crippen LogP contribution >= 0.6 is 0 Å². The van der Waals surface area contributed by atoms with Crippen LogP contribution in [0, 0.1) is 0 Å². The van der Waals surface area contributed by atoms with E-state index in [0.29, 0.717) is 17.6 Å². The van der Waals surface area contributed by atoms with Crippen LogP contribution in [-0.2, 0) is 0 Å². The summed E-state index contributed by atoms with van der Waals surface area (Å²) in [6.07, 6.45) is 0. The van der Waals surface area contributed by atoms with E-state index in [-0.39, 0.29) is 0 Å². The summed E-state index contributed by atoms with van der Waals surface area (Å²) in [6.45, 7) is 0. The zero-order chi connectivity index (χ0) is 42.6. The molecule has 6 heteroatoms. The van der Waals surface area contributed by atoms with Crippen LogP contribution in [0.4, 0.5) is 0 Å². The number of hydrogen-bond acceptors (Lipinski definition) is 4. The van der Waals surface area contributed by atoms with Crippen molar-refractivity contribution in [3.63, 3.8) is 0 Å². The van der Waals surface area contributed by atoms with E-state index in [9.17, 15) is 0 Å². The van der Waals surface area contributed by atoms with E-state index >= 15 is 0 Å². The second kappa shape index (κ2) is 13.8. The highest BCUT2D eigenvalue weighted by Crippen LogP contribution is 2.47. The summed E-state index contributed by atoms with van der Waals surface area (Å²) >= 11 is 0. The van der Waals surface area contributed by atoms with Crippen molar-refractivity contribution in [1.29, 1.82) is 0 Å². The van der Waals surface area contributed by atoms with E-state index in [0.717, 1.165) is 66.1 Å². The Kier molecular flexibility index (Phi) is 7.59. The van der Waals surface area contributed by atoms with E-state index in [4.69, 9.17) is 19.4 Å². The molecule has 4 heterocycles. The van der Waals surface area contributed by atoms with Gasteiger partial charge in [-0.15, -0.1) is 0 Å². The lowest BCUT2D eigenvalue weighted by molar-refractivity contribution is 0.669. The van der Waals surface area contributed by atoms with Crippen LogP contribution in [0.3, 0.4) is 0 Å². The van der Waals surface area contributed by atoms with Crippen LogP contribution in [-0.4, -0.2) is 24.1 Å². The lowest BCUT2D eigenvalue weighted by Gasteiger charge is -2.13. The molecule has 0 saturated carbocycles. The van der Waals surface area contributed by atoms with E-state index in [2.05, 4.69) is 185 Å². The SMILES string of the molecule is c1ccc(-c2ccc(-n3c4ccc5c(c6ccccc6n5-c5nc(-c6ccccc6)nc(-c6ccc7c(c6)oc6ccccc67)n5)c4c4c5ccccc5c5ccccc5c43)cc2)cc1. The molecule has 0 bridgehead atoms. The smallest absolute Gasteiger partial charge is 0.238 e. The first kappa shape index (κ1) is 35.7. The zero-order valence-corrected chi connectivity index (χ0v) is 34.9. The van der Waals surface area contributed by atoms with Gasteiger partial charge >= 0.3 is 0 Å². The van der Waals surface area contributed by atoms with Gasteiger partial charge in [-0.1, -0.05) is 164 Å². The molecular weight excluding hydrogens is 795 g/mol. The second-order valence-electron chi connectivity index (χ2n) is 16.7. The Morgan fingerprint density at radius 3 is 1.60 bits per heavy atom. The van der Waals surface area contributed by atoms with E-state index in [1.54, 1.807) is 0 Å². The quantitative estimate of drug-likeness (QED) is 0.162. The number of rotatable bonds is 5. The molecule has 302 valence electrons. The topological polar surface area (TPSA) is 61.7 Å². The van der Waals surface area contributed by atoms with Crippen LogP contribution in [0.2, 0.25) is 0 Å². The molecule has 0 N–H and O–H groups in total. The van der Waals surface area contributed by atoms with Gasteiger partial charge in [0, 0.05) is 54.5 Å². The summed E-state index contributed by atoms with van der Waals surface area (Å²) in [4.78, 5) is 15.8. The molecule has 0 radical (unpaired) electrons. The molecule has 14 aromatic rings. The summed E-state index contributed by atoms with van der Waals surface area (Å²) in [5.41, 5.74) is 11.2. The summed E-state index contributed by atoms with van der Waals surface area (Å²) in [5, 5.41) is 11.7. The largest absolute Gasteiger partial charge is 0.456 e. The third-order valence-electron chi connectivity index (χ3n) is 13.2. The van der Waals surface area contributed by atoms with Crippen molar-refractivity contribution in [1.82, 2.24) is 24.1 Å². The number of para-hydroxylation sites is 2. The second-order valence-corrected chi connectivity index (χ2v) is 16.7. The van der Waals surface area contributed by atoms with Gasteiger partial charge in [0.05, 0.1) is 22.1 Å². The average molecular weight is 830 g/mol. The van der Waals surface area contributed by atoms with Crippen molar-refractivity contribution in [3.05, 3.63) is 212 Å². The average Bonchev–Trinajstić information content (AvgIpc) is 4.05. The highest BCUT2D eigenvalue weighted by Gasteiger charge is 2.25. The predicted octanol–water partition coefficient (Wildman–Crippen LogP) is 15.3. The molecule has 0 aliphatic carbocycles. The van der Waals surface area contributed by atoms with Crippen LogP contribution in [0.5, 0.6) is 0 Å². The van der Waals surface area contributed by atoms with Gasteiger partial charge in [0.2, 0.25) is 5.95 Å². The minimum Gasteiger partial charge on any atom is -0.456 e. The number of nitrogens with zero attached hydrogens (tertiary/aromatic N) is 5. The Hall–Kier alpha value is -8.87. The van der Waals surface area contributed by atoms with Crippen LogP contribution in [0.25, 0.3) is 133 Å². The minimum atomic E-state index is 0.541. The minimum absolute atomic E-state index is 0.541. The summed E-state index contributed by atoms with van der Waals surface area (Å²) in [7, 11) is 0. The van der Waals surface area contributed by atoms with Crippen molar-refractivity contribution in [2.45, 2.75) is 0 Å². The van der Waals surface area contributed by atoms with Gasteiger partial charge in [-0.3, -0.25) is 4.57 Å². The maximum Gasteiger partial charge on any atom is 0.238 e. The molecule has 10 aromatic carbocycles. The summed E-state index contributed by atoms with van der Waals surface area (Å²) < 4.78 is 11.1. The molecule has 0 amide bonds. The van der Waals surface area contributed by atoms with Gasteiger partial charge in [0.1, 0.15) is 11.2 Å². The highest BCUT2D eigenvalue weighted by molar-refractivity contribution is 6.38. The van der Waals surface area contributed by atoms with Crippen molar-refractivity contribution in [2.24, 2.45) is 0 Å². The lowest BCUT2D eigenvalue weighted by Crippen LogP contribution is -2.06. The fourth-order valence-electron chi connectivity index (χ4n) is 10.3. The zero-order valence-electron chi connectivity index (χ0n) is 34.9. The van der Waals surface area contributed by atoms with Crippen molar-refractivity contribution >= 4 is 87.1 Å². The maximum absolute atomic E-state index is 6.36. The first-order valence-corrected chi connectivity index (χ1v) is 21.9. The van der Waals surface area contributed by atoms with Crippen molar-refractivity contribution in [3.8, 4) is 45.5 Å². The molecule has 0 aliphatic heterocycles. The number of fused-ring (bicyclic) bond motifs is 15. The van der Waals surface area contributed by atoms with Crippen molar-refractivity contribution < 1.29 is 4.42 Å². The Balaban J connectivity index is 1.09. The Morgan fingerprint density at radius 2 is 0.846 bits per heavy atom. The van der Waals surface area contributed by atoms with Gasteiger partial charge in [0.25, 0.3) is 0 Å². The Morgan fingerprint density at radius 1 is 0.308 bits per heavy atom. The van der Waals surface area contributed by atoms with E-state index < -0.39 is 0 Å². The van der Waals surface area contributed by atoms with E-state index in [1.807, 2.05) is 36.4 Å². The molecule has 6 nitrogen and oxygen atoms in total. The standard InChI is InChI=1S/C59H35N5O/c1-3-15-36(16-4-1)37-27-30-40(31-28-37)63-50-34-33-49-53(55(50)54-45-22-9-7-19-41(45)42-20-8-10-23-46(42)56(54)63)47-24-11-13-25-48(47)64(49)59-61-57(38-17-5-2-6-18-38)60-58(62-59)39-29-32-44-43-21-12-14-26-51(43)65-52(44)35-39/h1-35H. The monoisotopic (exact) mass is 829 g/mol. The summed E-state index contributed by atoms with van der Waals surface area (Å²) in [5.74, 6) is 1.70. The summed E-state index contributed by atoms with van der Waals surface area (Å²) in [6, 6.07) is 75.1. The molecule has 14 rings (SSSR count). The Bertz CT molecular complexity index is 4220. The predicted molar refractivity (Wildman–Crippen MR) is 267 cm³/mol. The van der Waals surface area contributed by atoms with Gasteiger partial charge < -0.3 is 8.98 Å². The molecule has 0 spiro atoms. The molecule has 65 heavy (non-hydrogen) atoms.